The Morgan fingerprint density at radius 2 is 1.68 bits per heavy atom. The Labute approximate surface area is 291 Å². The maximum absolute atomic E-state index is 13.5. The van der Waals surface area contributed by atoms with E-state index in [9.17, 15) is 28.8 Å². The summed E-state index contributed by atoms with van der Waals surface area (Å²) in [5.74, 6) is -1.39. The maximum atomic E-state index is 13.5. The molecule has 2 aliphatic heterocycles. The second-order valence-corrected chi connectivity index (χ2v) is 13.3. The molecule has 0 spiro atoms. The van der Waals surface area contributed by atoms with Crippen molar-refractivity contribution in [3.63, 3.8) is 0 Å². The number of carbonyl (C=O) groups is 6. The Morgan fingerprint density at radius 3 is 2.40 bits per heavy atom. The van der Waals surface area contributed by atoms with Crippen LogP contribution in [0.1, 0.15) is 61.8 Å². The summed E-state index contributed by atoms with van der Waals surface area (Å²) in [4.78, 5) is 85.0. The van der Waals surface area contributed by atoms with E-state index in [0.29, 0.717) is 31.0 Å². The number of amides is 6. The first-order valence-electron chi connectivity index (χ1n) is 17.3. The molecule has 1 fully saturated rings. The molecule has 1 aromatic heterocycles. The number of aromatic nitrogens is 2. The number of aryl methyl sites for hydroxylation is 1. The average molecular weight is 687 g/mol. The summed E-state index contributed by atoms with van der Waals surface area (Å²) >= 11 is 0. The summed E-state index contributed by atoms with van der Waals surface area (Å²) in [6, 6.07) is 11.7. The number of nitrogens with one attached hydrogen (secondary N) is 5. The van der Waals surface area contributed by atoms with Crippen molar-refractivity contribution in [1.29, 1.82) is 0 Å². The molecule has 5 N–H and O–H groups in total. The lowest BCUT2D eigenvalue weighted by molar-refractivity contribution is -0.139. The zero-order chi connectivity index (χ0) is 35.8. The predicted octanol–water partition coefficient (Wildman–Crippen LogP) is 0.824. The molecule has 2 bridgehead atoms. The number of nitrogens with zero attached hydrogens (tertiary/aromatic N) is 3. The fourth-order valence-electron chi connectivity index (χ4n) is 6.23. The third-order valence-electron chi connectivity index (χ3n) is 8.83. The van der Waals surface area contributed by atoms with Gasteiger partial charge in [0, 0.05) is 51.0 Å². The van der Waals surface area contributed by atoms with Crippen LogP contribution in [-0.4, -0.2) is 94.2 Å². The number of hydrogen-bond donors (Lipinski definition) is 5. The van der Waals surface area contributed by atoms with Crippen molar-refractivity contribution in [3.8, 4) is 0 Å². The molecule has 2 aromatic carbocycles. The zero-order valence-corrected chi connectivity index (χ0v) is 28.8. The van der Waals surface area contributed by atoms with Crippen LogP contribution in [0.2, 0.25) is 0 Å². The van der Waals surface area contributed by atoms with Crippen molar-refractivity contribution < 1.29 is 28.8 Å². The number of carbonyl (C=O) groups excluding carboxylic acids is 6. The number of hydrogen-bond acceptors (Lipinski definition) is 7. The van der Waals surface area contributed by atoms with Crippen LogP contribution in [0.15, 0.2) is 48.5 Å². The summed E-state index contributed by atoms with van der Waals surface area (Å²) in [6.45, 7) is 6.29. The highest BCUT2D eigenvalue weighted by molar-refractivity contribution is 5.98. The van der Waals surface area contributed by atoms with Gasteiger partial charge in [0.2, 0.25) is 29.5 Å². The fourth-order valence-corrected chi connectivity index (χ4v) is 6.23. The highest BCUT2D eigenvalue weighted by Crippen LogP contribution is 2.21. The van der Waals surface area contributed by atoms with Gasteiger partial charge >= 0.3 is 0 Å². The van der Waals surface area contributed by atoms with Crippen LogP contribution < -0.4 is 26.6 Å². The van der Waals surface area contributed by atoms with E-state index in [-0.39, 0.29) is 50.1 Å². The van der Waals surface area contributed by atoms with E-state index < -0.39 is 42.4 Å². The van der Waals surface area contributed by atoms with Crippen molar-refractivity contribution >= 4 is 46.5 Å². The van der Waals surface area contributed by atoms with Gasteiger partial charge < -0.3 is 36.1 Å². The van der Waals surface area contributed by atoms with Crippen LogP contribution in [0.5, 0.6) is 0 Å². The molecule has 3 heterocycles. The van der Waals surface area contributed by atoms with Gasteiger partial charge in [0.05, 0.1) is 17.6 Å². The Bertz CT molecular complexity index is 1740. The number of rotatable bonds is 5. The molecule has 0 aliphatic carbocycles. The molecule has 0 saturated carbocycles. The minimum Gasteiger partial charge on any atom is -0.354 e. The van der Waals surface area contributed by atoms with Crippen LogP contribution in [0.25, 0.3) is 11.0 Å². The van der Waals surface area contributed by atoms with Gasteiger partial charge in [-0.3, -0.25) is 28.8 Å². The highest BCUT2D eigenvalue weighted by Gasteiger charge is 2.33. The summed E-state index contributed by atoms with van der Waals surface area (Å²) in [6.07, 6.45) is 1.93. The van der Waals surface area contributed by atoms with Gasteiger partial charge in [-0.1, -0.05) is 44.2 Å². The first-order valence-corrected chi connectivity index (χ1v) is 17.3. The van der Waals surface area contributed by atoms with Gasteiger partial charge in [-0.15, -0.1) is 0 Å². The number of benzene rings is 2. The third kappa shape index (κ3) is 9.24. The van der Waals surface area contributed by atoms with Crippen LogP contribution in [-0.2, 0) is 43.4 Å². The van der Waals surface area contributed by atoms with Gasteiger partial charge in [0.1, 0.15) is 23.9 Å². The van der Waals surface area contributed by atoms with Crippen molar-refractivity contribution in [2.75, 3.05) is 26.2 Å². The lowest BCUT2D eigenvalue weighted by atomic mass is 10.0. The molecule has 2 aliphatic rings. The Balaban J connectivity index is 1.42. The van der Waals surface area contributed by atoms with E-state index in [1.54, 1.807) is 25.1 Å². The van der Waals surface area contributed by atoms with Gasteiger partial charge in [-0.2, -0.15) is 0 Å². The molecule has 50 heavy (non-hydrogen) atoms. The quantitative estimate of drug-likeness (QED) is 0.263. The zero-order valence-electron chi connectivity index (χ0n) is 28.8. The van der Waals surface area contributed by atoms with Gasteiger partial charge in [-0.25, -0.2) is 4.98 Å². The Morgan fingerprint density at radius 1 is 0.900 bits per heavy atom. The molecular formula is C36H46N8O6. The van der Waals surface area contributed by atoms with Crippen LogP contribution in [0.3, 0.4) is 0 Å². The molecule has 14 nitrogen and oxygen atoms in total. The van der Waals surface area contributed by atoms with E-state index in [0.717, 1.165) is 28.8 Å². The summed E-state index contributed by atoms with van der Waals surface area (Å²) in [5, 5.41) is 13.9. The number of imidazole rings is 1. The van der Waals surface area contributed by atoms with Gasteiger partial charge in [-0.05, 0) is 49.4 Å². The van der Waals surface area contributed by atoms with Crippen LogP contribution in [0, 0.1) is 5.92 Å². The second-order valence-electron chi connectivity index (χ2n) is 13.3. The molecule has 6 amide bonds. The molecule has 3 aromatic rings. The van der Waals surface area contributed by atoms with E-state index in [2.05, 4.69) is 45.0 Å². The molecular weight excluding hydrogens is 640 g/mol. The predicted molar refractivity (Wildman–Crippen MR) is 186 cm³/mol. The SMILES string of the molecule is CC(C)Cc1nc2ccc3cc2n1CCCNC(=O)[C@@H](C)NC(=O)[C@H](Cc1ccccc1)NC(=O)CN(C(=O)[C@@H]1CCC(=O)N1)CCNC3=O. The van der Waals surface area contributed by atoms with E-state index in [1.807, 2.05) is 30.3 Å². The maximum Gasteiger partial charge on any atom is 0.251 e. The second kappa shape index (κ2) is 16.4. The average Bonchev–Trinajstić information content (AvgIpc) is 3.67. The first kappa shape index (κ1) is 36.0. The molecule has 1 saturated heterocycles. The highest BCUT2D eigenvalue weighted by atomic mass is 16.2. The molecule has 5 rings (SSSR count). The van der Waals surface area contributed by atoms with Crippen LogP contribution in [0.4, 0.5) is 0 Å². The molecule has 266 valence electrons. The lowest BCUT2D eigenvalue weighted by Crippen LogP contribution is -2.56. The molecule has 0 unspecified atom stereocenters. The molecule has 3 atom stereocenters. The monoisotopic (exact) mass is 686 g/mol. The summed E-state index contributed by atoms with van der Waals surface area (Å²) in [7, 11) is 0. The topological polar surface area (TPSA) is 184 Å². The van der Waals surface area contributed by atoms with Crippen molar-refractivity contribution in [2.45, 2.75) is 77.5 Å². The molecule has 14 heteroatoms. The van der Waals surface area contributed by atoms with Gasteiger partial charge in [0.25, 0.3) is 5.91 Å². The first-order chi connectivity index (χ1) is 24.0. The standard InChI is InChI=1S/C36H46N8O6/c1-22(2)18-30-40-26-11-10-25-20-29(26)44(30)16-7-14-37-33(47)23(3)39-35(49)28(19-24-8-5-4-6-9-24)42-32(46)21-43(17-15-38-34(25)48)36(50)27-12-13-31(45)41-27/h4-6,8-11,20,22-23,27-28H,7,12-19,21H2,1-3H3,(H,37,47)(H,38,48)(H,39,49)(H,41,45)(H,42,46)/t23-,27+,28+/m1/s1. The minimum absolute atomic E-state index is 0.0180. The smallest absolute Gasteiger partial charge is 0.251 e. The summed E-state index contributed by atoms with van der Waals surface area (Å²) < 4.78 is 2.08. The normalized spacial score (nSPS) is 21.6. The molecule has 0 radical (unpaired) electrons. The van der Waals surface area contributed by atoms with Crippen molar-refractivity contribution in [2.24, 2.45) is 5.92 Å². The minimum atomic E-state index is -1.05. The lowest BCUT2D eigenvalue weighted by Gasteiger charge is -2.27. The number of fused-ring (bicyclic) bond motifs is 1. The van der Waals surface area contributed by atoms with Crippen molar-refractivity contribution in [3.05, 3.63) is 65.5 Å². The van der Waals surface area contributed by atoms with E-state index >= 15 is 0 Å². The fraction of sp³-hybridized carbons (Fsp3) is 0.472. The van der Waals surface area contributed by atoms with Gasteiger partial charge in [0.15, 0.2) is 0 Å². The van der Waals surface area contributed by atoms with Crippen molar-refractivity contribution in [1.82, 2.24) is 41.0 Å². The largest absolute Gasteiger partial charge is 0.354 e. The van der Waals surface area contributed by atoms with E-state index in [4.69, 9.17) is 4.98 Å². The Kier molecular flexibility index (Phi) is 11.8. The van der Waals surface area contributed by atoms with E-state index in [1.165, 1.54) is 4.90 Å². The van der Waals surface area contributed by atoms with Crippen LogP contribution >= 0.6 is 0 Å². The Hall–Kier alpha value is -5.27. The summed E-state index contributed by atoms with van der Waals surface area (Å²) in [5.41, 5.74) is 2.74. The third-order valence-corrected chi connectivity index (χ3v) is 8.83.